The van der Waals surface area contributed by atoms with Gasteiger partial charge in [0, 0.05) is 6.42 Å². The lowest BCUT2D eigenvalue weighted by atomic mass is 10.0. The maximum Gasteiger partial charge on any atom is 0.149 e. The molecule has 0 aromatic heterocycles. The van der Waals surface area contributed by atoms with Gasteiger partial charge in [0.25, 0.3) is 0 Å². The first-order chi connectivity index (χ1) is 4.57. The normalized spacial score (nSPS) is 13.7. The van der Waals surface area contributed by atoms with E-state index >= 15 is 0 Å². The van der Waals surface area contributed by atoms with Crippen molar-refractivity contribution in [2.75, 3.05) is 7.05 Å². The molecule has 1 atom stereocenters. The molecule has 1 N–H and O–H groups in total. The van der Waals surface area contributed by atoms with Crippen molar-refractivity contribution < 1.29 is 4.79 Å². The Kier molecular flexibility index (Phi) is 4.28. The molecule has 0 fully saturated rings. The molecular weight excluding hydrogens is 126 g/mol. The Labute approximate surface area is 63.0 Å². The molecule has 0 radical (unpaired) electrons. The van der Waals surface area contributed by atoms with Gasteiger partial charge in [0.15, 0.2) is 0 Å². The van der Waals surface area contributed by atoms with E-state index in [2.05, 4.69) is 19.2 Å². The van der Waals surface area contributed by atoms with E-state index in [0.29, 0.717) is 18.1 Å². The molecule has 2 heteroatoms. The highest BCUT2D eigenvalue weighted by atomic mass is 16.1. The summed E-state index contributed by atoms with van der Waals surface area (Å²) in [4.78, 5) is 11.1. The number of hydrogen-bond donors (Lipinski definition) is 1. The fourth-order valence-corrected chi connectivity index (χ4v) is 0.740. The summed E-state index contributed by atoms with van der Waals surface area (Å²) >= 11 is 0. The zero-order chi connectivity index (χ0) is 8.15. The maximum absolute atomic E-state index is 11.1. The summed E-state index contributed by atoms with van der Waals surface area (Å²) in [5, 5.41) is 2.92. The number of rotatable bonds is 4. The smallest absolute Gasteiger partial charge is 0.149 e. The molecular formula is C8H17NO. The second-order valence-electron chi connectivity index (χ2n) is 3.07. The van der Waals surface area contributed by atoms with Crippen molar-refractivity contribution in [3.8, 4) is 0 Å². The average molecular weight is 143 g/mol. The molecule has 0 unspecified atom stereocenters. The zero-order valence-electron chi connectivity index (χ0n) is 7.27. The second-order valence-corrected chi connectivity index (χ2v) is 3.07. The molecule has 0 spiro atoms. The first kappa shape index (κ1) is 9.63. The van der Waals surface area contributed by atoms with Gasteiger partial charge in [-0.1, -0.05) is 13.8 Å². The first-order valence-corrected chi connectivity index (χ1v) is 3.78. The number of carbonyl (C=O) groups is 1. The Morgan fingerprint density at radius 2 is 1.90 bits per heavy atom. The average Bonchev–Trinajstić information content (AvgIpc) is 1.85. The Balaban J connectivity index is 3.62. The molecule has 0 amide bonds. The van der Waals surface area contributed by atoms with Crippen LogP contribution in [0.1, 0.15) is 27.2 Å². The van der Waals surface area contributed by atoms with Crippen molar-refractivity contribution in [1.82, 2.24) is 5.32 Å². The quantitative estimate of drug-likeness (QED) is 0.641. The van der Waals surface area contributed by atoms with Crippen molar-refractivity contribution in [2.45, 2.75) is 33.2 Å². The van der Waals surface area contributed by atoms with Crippen LogP contribution in [-0.2, 0) is 4.79 Å². The third-order valence-corrected chi connectivity index (χ3v) is 1.53. The van der Waals surface area contributed by atoms with Gasteiger partial charge in [0.1, 0.15) is 5.78 Å². The molecule has 60 valence electrons. The zero-order valence-corrected chi connectivity index (χ0v) is 7.27. The van der Waals surface area contributed by atoms with Crippen LogP contribution < -0.4 is 5.32 Å². The monoisotopic (exact) mass is 143 g/mol. The SMILES string of the molecule is CN[C@@H](C)C(=O)CC(C)C. The Morgan fingerprint density at radius 1 is 1.40 bits per heavy atom. The van der Waals surface area contributed by atoms with Crippen molar-refractivity contribution in [1.29, 1.82) is 0 Å². The van der Waals surface area contributed by atoms with Crippen LogP contribution in [0.3, 0.4) is 0 Å². The van der Waals surface area contributed by atoms with Crippen LogP contribution in [0, 0.1) is 5.92 Å². The molecule has 2 nitrogen and oxygen atoms in total. The van der Waals surface area contributed by atoms with Crippen molar-refractivity contribution in [3.05, 3.63) is 0 Å². The first-order valence-electron chi connectivity index (χ1n) is 3.78. The third kappa shape index (κ3) is 3.62. The highest BCUT2D eigenvalue weighted by Crippen LogP contribution is 2.01. The van der Waals surface area contributed by atoms with Crippen molar-refractivity contribution >= 4 is 5.78 Å². The lowest BCUT2D eigenvalue weighted by Gasteiger charge is -2.09. The molecule has 0 rings (SSSR count). The molecule has 0 saturated carbocycles. The molecule has 0 bridgehead atoms. The molecule has 0 aliphatic carbocycles. The fraction of sp³-hybridized carbons (Fsp3) is 0.875. The van der Waals surface area contributed by atoms with Crippen molar-refractivity contribution in [3.63, 3.8) is 0 Å². The minimum absolute atomic E-state index is 0.0161. The molecule has 0 aliphatic heterocycles. The summed E-state index contributed by atoms with van der Waals surface area (Å²) in [6.07, 6.45) is 0.683. The Hall–Kier alpha value is -0.370. The van der Waals surface area contributed by atoms with E-state index < -0.39 is 0 Å². The van der Waals surface area contributed by atoms with Gasteiger partial charge in [-0.25, -0.2) is 0 Å². The van der Waals surface area contributed by atoms with Crippen LogP contribution in [-0.4, -0.2) is 18.9 Å². The van der Waals surface area contributed by atoms with E-state index in [1.54, 1.807) is 0 Å². The van der Waals surface area contributed by atoms with Gasteiger partial charge >= 0.3 is 0 Å². The van der Waals surface area contributed by atoms with Gasteiger partial charge in [0.2, 0.25) is 0 Å². The molecule has 0 aromatic carbocycles. The van der Waals surface area contributed by atoms with Gasteiger partial charge in [0.05, 0.1) is 6.04 Å². The summed E-state index contributed by atoms with van der Waals surface area (Å²) in [5.74, 6) is 0.779. The lowest BCUT2D eigenvalue weighted by molar-refractivity contribution is -0.121. The van der Waals surface area contributed by atoms with Gasteiger partial charge in [-0.2, -0.15) is 0 Å². The number of carbonyl (C=O) groups excluding carboxylic acids is 1. The maximum atomic E-state index is 11.1. The largest absolute Gasteiger partial charge is 0.311 e. The summed E-state index contributed by atoms with van der Waals surface area (Å²) in [5.41, 5.74) is 0. The Morgan fingerprint density at radius 3 is 2.20 bits per heavy atom. The van der Waals surface area contributed by atoms with E-state index in [1.807, 2.05) is 14.0 Å². The molecule has 0 aromatic rings. The predicted molar refractivity (Wildman–Crippen MR) is 43.0 cm³/mol. The highest BCUT2D eigenvalue weighted by molar-refractivity contribution is 5.83. The highest BCUT2D eigenvalue weighted by Gasteiger charge is 2.10. The number of ketones is 1. The fourth-order valence-electron chi connectivity index (χ4n) is 0.740. The molecule has 0 heterocycles. The lowest BCUT2D eigenvalue weighted by Crippen LogP contribution is -2.31. The van der Waals surface area contributed by atoms with E-state index in [9.17, 15) is 4.79 Å². The molecule has 0 aliphatic rings. The second kappa shape index (κ2) is 4.45. The number of nitrogens with one attached hydrogen (secondary N) is 1. The van der Waals surface area contributed by atoms with Gasteiger partial charge in [-0.05, 0) is 19.9 Å². The van der Waals surface area contributed by atoms with Crippen LogP contribution in [0.25, 0.3) is 0 Å². The van der Waals surface area contributed by atoms with Crippen LogP contribution >= 0.6 is 0 Å². The van der Waals surface area contributed by atoms with Crippen LogP contribution in [0.5, 0.6) is 0 Å². The van der Waals surface area contributed by atoms with Gasteiger partial charge in [-0.3, -0.25) is 4.79 Å². The van der Waals surface area contributed by atoms with E-state index in [4.69, 9.17) is 0 Å². The summed E-state index contributed by atoms with van der Waals surface area (Å²) in [6, 6.07) is 0.0161. The number of Topliss-reactive ketones (excluding diaryl/α,β-unsaturated/α-hetero) is 1. The standard InChI is InChI=1S/C8H17NO/c1-6(2)5-8(10)7(3)9-4/h6-7,9H,5H2,1-4H3/t7-/m0/s1. The van der Waals surface area contributed by atoms with Crippen LogP contribution in [0.2, 0.25) is 0 Å². The number of likely N-dealkylation sites (N-methyl/N-ethyl adjacent to an activating group) is 1. The topological polar surface area (TPSA) is 29.1 Å². The van der Waals surface area contributed by atoms with E-state index in [-0.39, 0.29) is 6.04 Å². The number of hydrogen-bond acceptors (Lipinski definition) is 2. The summed E-state index contributed by atoms with van der Waals surface area (Å²) in [6.45, 7) is 6.01. The van der Waals surface area contributed by atoms with Crippen molar-refractivity contribution in [2.24, 2.45) is 5.92 Å². The minimum atomic E-state index is 0.0161. The van der Waals surface area contributed by atoms with Gasteiger partial charge < -0.3 is 5.32 Å². The Bertz CT molecular complexity index is 110. The van der Waals surface area contributed by atoms with Crippen LogP contribution in [0.15, 0.2) is 0 Å². The summed E-state index contributed by atoms with van der Waals surface area (Å²) < 4.78 is 0. The predicted octanol–water partition coefficient (Wildman–Crippen LogP) is 1.21. The molecule has 10 heavy (non-hydrogen) atoms. The van der Waals surface area contributed by atoms with Crippen LogP contribution in [0.4, 0.5) is 0 Å². The van der Waals surface area contributed by atoms with E-state index in [0.717, 1.165) is 0 Å². The third-order valence-electron chi connectivity index (χ3n) is 1.53. The summed E-state index contributed by atoms with van der Waals surface area (Å²) in [7, 11) is 1.81. The minimum Gasteiger partial charge on any atom is -0.311 e. The molecule has 0 saturated heterocycles. The van der Waals surface area contributed by atoms with Gasteiger partial charge in [-0.15, -0.1) is 0 Å². The van der Waals surface area contributed by atoms with E-state index in [1.165, 1.54) is 0 Å².